The van der Waals surface area contributed by atoms with Gasteiger partial charge in [0.15, 0.2) is 0 Å². The van der Waals surface area contributed by atoms with Gasteiger partial charge in [-0.05, 0) is 18.1 Å². The highest BCUT2D eigenvalue weighted by molar-refractivity contribution is 5.85. The molecule has 0 unspecified atom stereocenters. The predicted molar refractivity (Wildman–Crippen MR) is 88.4 cm³/mol. The van der Waals surface area contributed by atoms with E-state index in [-0.39, 0.29) is 36.8 Å². The van der Waals surface area contributed by atoms with Crippen LogP contribution in [-0.2, 0) is 6.18 Å². The molecule has 1 aliphatic heterocycles. The van der Waals surface area contributed by atoms with Crippen molar-refractivity contribution in [2.24, 2.45) is 0 Å². The minimum absolute atomic E-state index is 0. The molecule has 2 rings (SSSR count). The van der Waals surface area contributed by atoms with Crippen LogP contribution in [0.3, 0.4) is 0 Å². The molecule has 0 radical (unpaired) electrons. The van der Waals surface area contributed by atoms with E-state index >= 15 is 0 Å². The third kappa shape index (κ3) is 7.21. The fourth-order valence-corrected chi connectivity index (χ4v) is 2.87. The van der Waals surface area contributed by atoms with Crippen molar-refractivity contribution < 1.29 is 26.3 Å². The topological polar surface area (TPSA) is 15.3 Å². The molecule has 0 bridgehead atoms. The van der Waals surface area contributed by atoms with E-state index in [0.29, 0.717) is 26.2 Å². The molecule has 0 spiro atoms. The molecule has 1 heterocycles. The van der Waals surface area contributed by atoms with Crippen molar-refractivity contribution in [2.45, 2.75) is 31.2 Å². The van der Waals surface area contributed by atoms with Gasteiger partial charge in [-0.2, -0.15) is 26.3 Å². The van der Waals surface area contributed by atoms with Crippen LogP contribution in [0.4, 0.5) is 26.3 Å². The maximum absolute atomic E-state index is 13.2. The first-order valence-electron chi connectivity index (χ1n) is 7.36. The molecule has 1 aliphatic rings. The molecule has 0 amide bonds. The quantitative estimate of drug-likeness (QED) is 0.711. The van der Waals surface area contributed by atoms with E-state index < -0.39 is 30.4 Å². The Hall–Kier alpha value is -0.700. The average molecular weight is 413 g/mol. The number of benzene rings is 1. The summed E-state index contributed by atoms with van der Waals surface area (Å²) in [6, 6.07) is 4.01. The van der Waals surface area contributed by atoms with Gasteiger partial charge in [0.1, 0.15) is 0 Å². The van der Waals surface area contributed by atoms with E-state index in [9.17, 15) is 26.3 Å². The Kier molecular flexibility index (Phi) is 9.57. The van der Waals surface area contributed by atoms with Crippen LogP contribution in [0.1, 0.15) is 30.0 Å². The Morgan fingerprint density at radius 2 is 1.52 bits per heavy atom. The molecule has 0 saturated carbocycles. The highest BCUT2D eigenvalue weighted by Gasteiger charge is 2.38. The van der Waals surface area contributed by atoms with Gasteiger partial charge in [-0.15, -0.1) is 24.8 Å². The second-order valence-corrected chi connectivity index (χ2v) is 5.54. The normalized spacial score (nSPS) is 17.4. The van der Waals surface area contributed by atoms with Gasteiger partial charge in [-0.1, -0.05) is 18.2 Å². The third-order valence-corrected chi connectivity index (χ3v) is 3.92. The number of nitrogens with one attached hydrogen (secondary N) is 1. The van der Waals surface area contributed by atoms with Crippen molar-refractivity contribution in [1.82, 2.24) is 10.2 Å². The van der Waals surface area contributed by atoms with Crippen LogP contribution in [-0.4, -0.2) is 37.3 Å². The standard InChI is InChI=1S/C15H18F6N2.2ClH/c16-14(17,18)6-5-13(23-9-7-22-8-10-23)11-3-1-2-4-12(11)15(19,20)21;;/h1-4,13,22H,5-10H2;2*1H/t13-;;/m1../s1. The van der Waals surface area contributed by atoms with Crippen LogP contribution in [0, 0.1) is 0 Å². The summed E-state index contributed by atoms with van der Waals surface area (Å²) in [7, 11) is 0. The molecule has 0 aromatic heterocycles. The summed E-state index contributed by atoms with van der Waals surface area (Å²) >= 11 is 0. The largest absolute Gasteiger partial charge is 0.416 e. The van der Waals surface area contributed by atoms with E-state index in [4.69, 9.17) is 0 Å². The molecule has 1 aromatic rings. The zero-order valence-electron chi connectivity index (χ0n) is 13.2. The zero-order valence-corrected chi connectivity index (χ0v) is 14.8. The first-order valence-corrected chi connectivity index (χ1v) is 7.36. The van der Waals surface area contributed by atoms with Gasteiger partial charge in [0.05, 0.1) is 5.56 Å². The summed E-state index contributed by atoms with van der Waals surface area (Å²) < 4.78 is 77.3. The minimum Gasteiger partial charge on any atom is -0.314 e. The third-order valence-electron chi connectivity index (χ3n) is 3.92. The lowest BCUT2D eigenvalue weighted by atomic mass is 9.94. The van der Waals surface area contributed by atoms with E-state index in [0.717, 1.165) is 6.07 Å². The minimum atomic E-state index is -4.58. The van der Waals surface area contributed by atoms with Gasteiger partial charge in [0.2, 0.25) is 0 Å². The summed E-state index contributed by atoms with van der Waals surface area (Å²) in [5.41, 5.74) is -0.933. The SMILES string of the molecule is Cl.Cl.FC(F)(F)CC[C@H](c1ccccc1C(F)(F)F)N1CCNCC1. The van der Waals surface area contributed by atoms with E-state index in [1.165, 1.54) is 18.2 Å². The van der Waals surface area contributed by atoms with Crippen molar-refractivity contribution in [3.05, 3.63) is 35.4 Å². The summed E-state index contributed by atoms with van der Waals surface area (Å²) in [6.45, 7) is 1.96. The summed E-state index contributed by atoms with van der Waals surface area (Å²) in [6.07, 6.45) is -10.5. The maximum Gasteiger partial charge on any atom is 0.416 e. The first kappa shape index (κ1) is 24.3. The average Bonchev–Trinajstić information content (AvgIpc) is 2.47. The van der Waals surface area contributed by atoms with Crippen LogP contribution in [0.2, 0.25) is 0 Å². The molecule has 1 fully saturated rings. The van der Waals surface area contributed by atoms with E-state index in [1.807, 2.05) is 0 Å². The van der Waals surface area contributed by atoms with Gasteiger partial charge >= 0.3 is 12.4 Å². The monoisotopic (exact) mass is 412 g/mol. The Morgan fingerprint density at radius 1 is 0.960 bits per heavy atom. The highest BCUT2D eigenvalue weighted by atomic mass is 35.5. The molecule has 10 heteroatoms. The van der Waals surface area contributed by atoms with Gasteiger partial charge in [0, 0.05) is 38.6 Å². The predicted octanol–water partition coefficient (Wildman–Crippen LogP) is 4.84. The molecule has 0 aliphatic carbocycles. The number of alkyl halides is 6. The Balaban J connectivity index is 0.00000288. The molecule has 1 aromatic carbocycles. The van der Waals surface area contributed by atoms with Crippen LogP contribution in [0.15, 0.2) is 24.3 Å². The van der Waals surface area contributed by atoms with Crippen LogP contribution < -0.4 is 5.32 Å². The Labute approximate surface area is 154 Å². The Morgan fingerprint density at radius 3 is 2.04 bits per heavy atom. The van der Waals surface area contributed by atoms with Gasteiger partial charge in [0.25, 0.3) is 0 Å². The number of halogens is 8. The van der Waals surface area contributed by atoms with Crippen molar-refractivity contribution >= 4 is 24.8 Å². The fourth-order valence-electron chi connectivity index (χ4n) is 2.87. The lowest BCUT2D eigenvalue weighted by Gasteiger charge is -2.36. The molecule has 25 heavy (non-hydrogen) atoms. The lowest BCUT2D eigenvalue weighted by molar-refractivity contribution is -0.141. The second-order valence-electron chi connectivity index (χ2n) is 5.54. The van der Waals surface area contributed by atoms with Gasteiger partial charge < -0.3 is 5.32 Å². The molecular formula is C15H20Cl2F6N2. The van der Waals surface area contributed by atoms with Crippen LogP contribution in [0.25, 0.3) is 0 Å². The highest BCUT2D eigenvalue weighted by Crippen LogP contribution is 2.39. The molecule has 1 atom stereocenters. The molecule has 1 saturated heterocycles. The van der Waals surface area contributed by atoms with Gasteiger partial charge in [-0.3, -0.25) is 4.90 Å². The van der Waals surface area contributed by atoms with E-state index in [1.54, 1.807) is 4.90 Å². The summed E-state index contributed by atoms with van der Waals surface area (Å²) in [4.78, 5) is 1.70. The van der Waals surface area contributed by atoms with Gasteiger partial charge in [-0.25, -0.2) is 0 Å². The lowest BCUT2D eigenvalue weighted by Crippen LogP contribution is -2.45. The molecule has 146 valence electrons. The number of rotatable bonds is 4. The fraction of sp³-hybridized carbons (Fsp3) is 0.600. The zero-order chi connectivity index (χ0) is 17.1. The second kappa shape index (κ2) is 9.85. The smallest absolute Gasteiger partial charge is 0.314 e. The molecular weight excluding hydrogens is 393 g/mol. The van der Waals surface area contributed by atoms with Crippen molar-refractivity contribution in [3.8, 4) is 0 Å². The number of hydrogen-bond acceptors (Lipinski definition) is 2. The van der Waals surface area contributed by atoms with Crippen molar-refractivity contribution in [2.75, 3.05) is 26.2 Å². The molecule has 2 nitrogen and oxygen atoms in total. The van der Waals surface area contributed by atoms with Crippen molar-refractivity contribution in [3.63, 3.8) is 0 Å². The maximum atomic E-state index is 13.2. The van der Waals surface area contributed by atoms with Crippen LogP contribution >= 0.6 is 24.8 Å². The first-order chi connectivity index (χ1) is 10.7. The van der Waals surface area contributed by atoms with Crippen molar-refractivity contribution in [1.29, 1.82) is 0 Å². The molecule has 1 N–H and O–H groups in total. The number of hydrogen-bond donors (Lipinski definition) is 1. The summed E-state index contributed by atoms with van der Waals surface area (Å²) in [5, 5.41) is 3.05. The Bertz CT molecular complexity index is 515. The van der Waals surface area contributed by atoms with Crippen LogP contribution in [0.5, 0.6) is 0 Å². The number of piperazine rings is 1. The van der Waals surface area contributed by atoms with E-state index in [2.05, 4.69) is 5.32 Å². The number of nitrogens with zero attached hydrogens (tertiary/aromatic N) is 1. The summed E-state index contributed by atoms with van der Waals surface area (Å²) in [5.74, 6) is 0.